The van der Waals surface area contributed by atoms with Crippen molar-refractivity contribution in [3.63, 3.8) is 0 Å². The van der Waals surface area contributed by atoms with Crippen molar-refractivity contribution in [2.45, 2.75) is 26.1 Å². The number of ether oxygens (including phenoxy) is 1. The highest BCUT2D eigenvalue weighted by molar-refractivity contribution is 5.83. The van der Waals surface area contributed by atoms with Gasteiger partial charge in [-0.05, 0) is 13.8 Å². The van der Waals surface area contributed by atoms with Crippen molar-refractivity contribution in [1.82, 2.24) is 4.90 Å². The van der Waals surface area contributed by atoms with Crippen molar-refractivity contribution in [3.8, 4) is 0 Å². The molecule has 0 saturated heterocycles. The van der Waals surface area contributed by atoms with Crippen LogP contribution in [-0.2, 0) is 4.74 Å². The lowest BCUT2D eigenvalue weighted by atomic mass is 10.3. The van der Waals surface area contributed by atoms with Gasteiger partial charge in [-0.1, -0.05) is 6.08 Å². The number of nitrogens with zero attached hydrogens (tertiary/aromatic N) is 2. The first kappa shape index (κ1) is 15.8. The predicted octanol–water partition coefficient (Wildman–Crippen LogP) is 0.367. The average molecular weight is 243 g/mol. The third-order valence-electron chi connectivity index (χ3n) is 1.93. The van der Waals surface area contributed by atoms with Crippen molar-refractivity contribution in [2.24, 2.45) is 10.7 Å². The van der Waals surface area contributed by atoms with E-state index in [9.17, 15) is 9.90 Å². The van der Waals surface area contributed by atoms with Crippen molar-refractivity contribution in [2.75, 3.05) is 19.8 Å². The molecule has 0 fully saturated rings. The third kappa shape index (κ3) is 6.83. The molecule has 0 aromatic rings. The summed E-state index contributed by atoms with van der Waals surface area (Å²) in [6.45, 7) is 7.35. The summed E-state index contributed by atoms with van der Waals surface area (Å²) in [6.07, 6.45) is 1.66. The van der Waals surface area contributed by atoms with Gasteiger partial charge in [0.1, 0.15) is 0 Å². The van der Waals surface area contributed by atoms with E-state index < -0.39 is 18.3 Å². The summed E-state index contributed by atoms with van der Waals surface area (Å²) in [5.74, 6) is 0. The van der Waals surface area contributed by atoms with Gasteiger partial charge in [-0.3, -0.25) is 0 Å². The highest BCUT2D eigenvalue weighted by Gasteiger charge is 2.19. The van der Waals surface area contributed by atoms with E-state index >= 15 is 0 Å². The fourth-order valence-electron chi connectivity index (χ4n) is 1.17. The molecule has 6 heteroatoms. The minimum atomic E-state index is -0.794. The summed E-state index contributed by atoms with van der Waals surface area (Å²) < 4.78 is 5.08. The first-order chi connectivity index (χ1) is 8.02. The predicted molar refractivity (Wildman–Crippen MR) is 66.9 cm³/mol. The minimum absolute atomic E-state index is 0.0883. The number of nitrogens with two attached hydrogens (primary N) is 1. The smallest absolute Gasteiger partial charge is 0.344 e. The Balaban J connectivity index is 4.24. The molecule has 0 heterocycles. The van der Waals surface area contributed by atoms with Crippen molar-refractivity contribution >= 4 is 12.2 Å². The number of hydrogen-bond acceptors (Lipinski definition) is 4. The maximum absolute atomic E-state index is 11.5. The number of amides is 2. The van der Waals surface area contributed by atoms with Crippen LogP contribution in [0.2, 0.25) is 0 Å². The second kappa shape index (κ2) is 8.86. The summed E-state index contributed by atoms with van der Waals surface area (Å²) in [5.41, 5.74) is 5.63. The van der Waals surface area contributed by atoms with E-state index in [1.165, 1.54) is 11.1 Å². The largest absolute Gasteiger partial charge is 0.389 e. The van der Waals surface area contributed by atoms with E-state index in [1.807, 2.05) is 0 Å². The number of carbonyl (C=O) groups is 1. The minimum Gasteiger partial charge on any atom is -0.389 e. The quantitative estimate of drug-likeness (QED) is 0.292. The molecule has 2 atom stereocenters. The van der Waals surface area contributed by atoms with Crippen LogP contribution in [0.25, 0.3) is 0 Å². The SMILES string of the molecule is C=CCOCC(O)CN(C(=O)N=CC)C(C)N. The van der Waals surface area contributed by atoms with Crippen LogP contribution in [0.5, 0.6) is 0 Å². The zero-order valence-corrected chi connectivity index (χ0v) is 10.4. The molecule has 2 amide bonds. The van der Waals surface area contributed by atoms with Gasteiger partial charge in [0.2, 0.25) is 0 Å². The van der Waals surface area contributed by atoms with Crippen molar-refractivity contribution < 1.29 is 14.6 Å². The van der Waals surface area contributed by atoms with Gasteiger partial charge < -0.3 is 20.5 Å². The summed E-state index contributed by atoms with van der Waals surface area (Å²) >= 11 is 0. The second-order valence-electron chi connectivity index (χ2n) is 3.54. The zero-order valence-electron chi connectivity index (χ0n) is 10.4. The maximum Gasteiger partial charge on any atom is 0.344 e. The van der Waals surface area contributed by atoms with Crippen LogP contribution in [0.1, 0.15) is 13.8 Å². The van der Waals surface area contributed by atoms with Crippen molar-refractivity contribution in [1.29, 1.82) is 0 Å². The van der Waals surface area contributed by atoms with E-state index in [-0.39, 0.29) is 13.2 Å². The van der Waals surface area contributed by atoms with E-state index in [2.05, 4.69) is 11.6 Å². The molecule has 0 aliphatic heterocycles. The standard InChI is InChI=1S/C11H21N3O3/c1-4-6-17-8-10(15)7-14(9(3)12)11(16)13-5-2/h4-5,9-10,15H,1,6-8,12H2,2-3H3. The molecule has 2 unspecified atom stereocenters. The molecule has 0 aromatic heterocycles. The van der Waals surface area contributed by atoms with Crippen LogP contribution in [0.4, 0.5) is 4.79 Å². The molecule has 0 aromatic carbocycles. The molecular formula is C11H21N3O3. The maximum atomic E-state index is 11.5. The number of hydrogen-bond donors (Lipinski definition) is 2. The molecule has 98 valence electrons. The molecule has 0 aliphatic carbocycles. The number of urea groups is 1. The number of aliphatic hydroxyl groups excluding tert-OH is 1. The Kier molecular flexibility index (Phi) is 8.21. The first-order valence-electron chi connectivity index (χ1n) is 5.44. The van der Waals surface area contributed by atoms with Gasteiger partial charge in [0, 0.05) is 6.21 Å². The van der Waals surface area contributed by atoms with Gasteiger partial charge in [0.15, 0.2) is 0 Å². The summed E-state index contributed by atoms with van der Waals surface area (Å²) in [4.78, 5) is 16.4. The average Bonchev–Trinajstić information content (AvgIpc) is 2.26. The monoisotopic (exact) mass is 243 g/mol. The Labute approximate surface area is 102 Å². The second-order valence-corrected chi connectivity index (χ2v) is 3.54. The highest BCUT2D eigenvalue weighted by atomic mass is 16.5. The van der Waals surface area contributed by atoms with Crippen LogP contribution >= 0.6 is 0 Å². The lowest BCUT2D eigenvalue weighted by Crippen LogP contribution is -2.47. The number of aliphatic imine (C=N–C) groups is 1. The number of carbonyl (C=O) groups excluding carboxylic acids is 1. The van der Waals surface area contributed by atoms with Crippen LogP contribution in [0.3, 0.4) is 0 Å². The molecule has 3 N–H and O–H groups in total. The lowest BCUT2D eigenvalue weighted by Gasteiger charge is -2.26. The fraction of sp³-hybridized carbons (Fsp3) is 0.636. The molecule has 0 radical (unpaired) electrons. The molecule has 0 rings (SSSR count). The van der Waals surface area contributed by atoms with E-state index in [0.29, 0.717) is 6.61 Å². The Bertz CT molecular complexity index is 267. The molecular weight excluding hydrogens is 222 g/mol. The van der Waals surface area contributed by atoms with E-state index in [4.69, 9.17) is 10.5 Å². The Morgan fingerprint density at radius 1 is 1.71 bits per heavy atom. The van der Waals surface area contributed by atoms with Crippen LogP contribution in [0, 0.1) is 0 Å². The summed E-state index contributed by atoms with van der Waals surface area (Å²) in [6, 6.07) is -0.467. The zero-order chi connectivity index (χ0) is 13.3. The molecule has 0 saturated carbocycles. The van der Waals surface area contributed by atoms with Gasteiger partial charge in [-0.2, -0.15) is 0 Å². The summed E-state index contributed by atoms with van der Waals surface area (Å²) in [5, 5.41) is 9.65. The fourth-order valence-corrected chi connectivity index (χ4v) is 1.17. The third-order valence-corrected chi connectivity index (χ3v) is 1.93. The molecule has 0 spiro atoms. The van der Waals surface area contributed by atoms with Gasteiger partial charge in [0.25, 0.3) is 0 Å². The van der Waals surface area contributed by atoms with Gasteiger partial charge in [-0.25, -0.2) is 9.79 Å². The van der Waals surface area contributed by atoms with Crippen molar-refractivity contribution in [3.05, 3.63) is 12.7 Å². The lowest BCUT2D eigenvalue weighted by molar-refractivity contribution is 0.0284. The highest BCUT2D eigenvalue weighted by Crippen LogP contribution is 2.00. The van der Waals surface area contributed by atoms with Gasteiger partial charge >= 0.3 is 6.03 Å². The summed E-state index contributed by atoms with van der Waals surface area (Å²) in [7, 11) is 0. The van der Waals surface area contributed by atoms with Crippen LogP contribution in [0.15, 0.2) is 17.6 Å². The molecule has 0 bridgehead atoms. The van der Waals surface area contributed by atoms with Gasteiger partial charge in [0.05, 0.1) is 32.0 Å². The Morgan fingerprint density at radius 3 is 2.82 bits per heavy atom. The molecule has 6 nitrogen and oxygen atoms in total. The number of rotatable bonds is 7. The normalized spacial score (nSPS) is 14.6. The molecule has 17 heavy (non-hydrogen) atoms. The first-order valence-corrected chi connectivity index (χ1v) is 5.44. The van der Waals surface area contributed by atoms with E-state index in [0.717, 1.165) is 0 Å². The van der Waals surface area contributed by atoms with Crippen LogP contribution < -0.4 is 5.73 Å². The number of aliphatic hydroxyl groups is 1. The Hall–Kier alpha value is -1.24. The Morgan fingerprint density at radius 2 is 2.35 bits per heavy atom. The van der Waals surface area contributed by atoms with Gasteiger partial charge in [-0.15, -0.1) is 6.58 Å². The molecule has 0 aliphatic rings. The van der Waals surface area contributed by atoms with E-state index in [1.54, 1.807) is 19.9 Å². The van der Waals surface area contributed by atoms with Crippen LogP contribution in [-0.4, -0.2) is 54.3 Å². The topological polar surface area (TPSA) is 88.2 Å².